The number of benzene rings is 1. The molecule has 0 radical (unpaired) electrons. The summed E-state index contributed by atoms with van der Waals surface area (Å²) in [7, 11) is 0. The average molecular weight is 328 g/mol. The second kappa shape index (κ2) is 5.61. The van der Waals surface area contributed by atoms with Crippen LogP contribution in [-0.2, 0) is 9.59 Å². The van der Waals surface area contributed by atoms with Crippen molar-refractivity contribution in [2.75, 3.05) is 11.9 Å². The van der Waals surface area contributed by atoms with Gasteiger partial charge in [-0.05, 0) is 47.5 Å². The van der Waals surface area contributed by atoms with Crippen molar-refractivity contribution in [2.45, 2.75) is 13.3 Å². The van der Waals surface area contributed by atoms with Crippen molar-refractivity contribution in [1.82, 2.24) is 0 Å². The first-order valence-corrected chi connectivity index (χ1v) is 6.78. The number of amides is 1. The predicted molar refractivity (Wildman–Crippen MR) is 73.2 cm³/mol. The quantitative estimate of drug-likeness (QED) is 0.871. The molecule has 0 spiro atoms. The van der Waals surface area contributed by atoms with Gasteiger partial charge in [0.1, 0.15) is 5.75 Å². The molecule has 0 unspecified atom stereocenters. The second-order valence-electron chi connectivity index (χ2n) is 4.35. The van der Waals surface area contributed by atoms with Crippen LogP contribution in [0.3, 0.4) is 0 Å². The number of halogens is 1. The van der Waals surface area contributed by atoms with Gasteiger partial charge in [-0.2, -0.15) is 0 Å². The Labute approximate surface area is 119 Å². The number of rotatable bonds is 5. The summed E-state index contributed by atoms with van der Waals surface area (Å²) in [5, 5.41) is 11.5. The Hall–Kier alpha value is -1.56. The highest BCUT2D eigenvalue weighted by molar-refractivity contribution is 9.10. The zero-order valence-electron chi connectivity index (χ0n) is 10.4. The van der Waals surface area contributed by atoms with Gasteiger partial charge in [0.05, 0.1) is 22.9 Å². The molecule has 1 aliphatic rings. The molecule has 0 saturated heterocycles. The number of carbonyl (C=O) groups excluding carboxylic acids is 1. The van der Waals surface area contributed by atoms with Crippen molar-refractivity contribution in [3.05, 3.63) is 22.7 Å². The maximum absolute atomic E-state index is 11.8. The lowest BCUT2D eigenvalue weighted by Crippen LogP contribution is -2.16. The fourth-order valence-electron chi connectivity index (χ4n) is 1.84. The molecular weight excluding hydrogens is 314 g/mol. The van der Waals surface area contributed by atoms with Gasteiger partial charge in [0.15, 0.2) is 0 Å². The van der Waals surface area contributed by atoms with Crippen molar-refractivity contribution < 1.29 is 19.4 Å². The summed E-state index contributed by atoms with van der Waals surface area (Å²) < 4.78 is 6.12. The summed E-state index contributed by atoms with van der Waals surface area (Å²) in [6.45, 7) is 2.45. The van der Waals surface area contributed by atoms with Crippen LogP contribution in [0.25, 0.3) is 0 Å². The highest BCUT2D eigenvalue weighted by Gasteiger charge is 2.48. The standard InChI is InChI=1S/C13H14BrNO4/c1-2-19-11-4-3-7(5-10(11)14)15-12(16)8-6-9(8)13(17)18/h3-5,8-9H,2,6H2,1H3,(H,15,16)(H,17,18)/t8-,9+/m1/s1. The van der Waals surface area contributed by atoms with Gasteiger partial charge in [0.25, 0.3) is 0 Å². The molecule has 19 heavy (non-hydrogen) atoms. The van der Waals surface area contributed by atoms with Gasteiger partial charge < -0.3 is 15.2 Å². The summed E-state index contributed by atoms with van der Waals surface area (Å²) in [4.78, 5) is 22.5. The van der Waals surface area contributed by atoms with E-state index in [9.17, 15) is 9.59 Å². The van der Waals surface area contributed by atoms with E-state index >= 15 is 0 Å². The third-order valence-electron chi connectivity index (χ3n) is 2.94. The number of carboxylic acid groups (broad SMARTS) is 1. The van der Waals surface area contributed by atoms with E-state index in [-0.39, 0.29) is 5.91 Å². The minimum atomic E-state index is -0.909. The molecule has 0 heterocycles. The zero-order valence-corrected chi connectivity index (χ0v) is 11.9. The topological polar surface area (TPSA) is 75.6 Å². The van der Waals surface area contributed by atoms with Gasteiger partial charge in [-0.15, -0.1) is 0 Å². The Morgan fingerprint density at radius 3 is 2.74 bits per heavy atom. The molecule has 1 fully saturated rings. The van der Waals surface area contributed by atoms with Crippen molar-refractivity contribution in [1.29, 1.82) is 0 Å². The number of aliphatic carboxylic acids is 1. The fraction of sp³-hybridized carbons (Fsp3) is 0.385. The summed E-state index contributed by atoms with van der Waals surface area (Å²) in [6, 6.07) is 5.22. The number of hydrogen-bond donors (Lipinski definition) is 2. The van der Waals surface area contributed by atoms with Crippen molar-refractivity contribution in [3.63, 3.8) is 0 Å². The first-order chi connectivity index (χ1) is 9.02. The van der Waals surface area contributed by atoms with Crippen LogP contribution >= 0.6 is 15.9 Å². The van der Waals surface area contributed by atoms with E-state index < -0.39 is 17.8 Å². The molecule has 0 aliphatic heterocycles. The number of nitrogens with one attached hydrogen (secondary N) is 1. The Bertz CT molecular complexity index is 517. The number of hydrogen-bond acceptors (Lipinski definition) is 3. The SMILES string of the molecule is CCOc1ccc(NC(=O)[C@@H]2C[C@@H]2C(=O)O)cc1Br. The van der Waals surface area contributed by atoms with Crippen LogP contribution in [0, 0.1) is 11.8 Å². The Balaban J connectivity index is 1.98. The van der Waals surface area contributed by atoms with Gasteiger partial charge in [-0.1, -0.05) is 0 Å². The van der Waals surface area contributed by atoms with E-state index in [0.29, 0.717) is 24.5 Å². The van der Waals surface area contributed by atoms with Crippen LogP contribution in [0.15, 0.2) is 22.7 Å². The molecule has 1 aromatic rings. The molecule has 1 saturated carbocycles. The number of anilines is 1. The largest absolute Gasteiger partial charge is 0.493 e. The Morgan fingerprint density at radius 2 is 2.21 bits per heavy atom. The van der Waals surface area contributed by atoms with Gasteiger partial charge in [-0.3, -0.25) is 9.59 Å². The molecule has 2 rings (SSSR count). The Kier molecular flexibility index (Phi) is 4.09. The van der Waals surface area contributed by atoms with Gasteiger partial charge in [-0.25, -0.2) is 0 Å². The lowest BCUT2D eigenvalue weighted by Gasteiger charge is -2.09. The van der Waals surface area contributed by atoms with Gasteiger partial charge in [0, 0.05) is 5.69 Å². The molecule has 0 bridgehead atoms. The number of carbonyl (C=O) groups is 2. The third-order valence-corrected chi connectivity index (χ3v) is 3.56. The fourth-order valence-corrected chi connectivity index (χ4v) is 2.34. The van der Waals surface area contributed by atoms with Crippen molar-refractivity contribution >= 4 is 33.5 Å². The maximum atomic E-state index is 11.8. The first-order valence-electron chi connectivity index (χ1n) is 5.99. The molecule has 1 amide bonds. The van der Waals surface area contributed by atoms with Crippen LogP contribution in [0.4, 0.5) is 5.69 Å². The smallest absolute Gasteiger partial charge is 0.307 e. The third kappa shape index (κ3) is 3.26. The van der Waals surface area contributed by atoms with Crippen LogP contribution in [0.1, 0.15) is 13.3 Å². The lowest BCUT2D eigenvalue weighted by atomic mass is 10.2. The molecule has 5 nitrogen and oxygen atoms in total. The van der Waals surface area contributed by atoms with E-state index in [1.807, 2.05) is 6.92 Å². The Morgan fingerprint density at radius 1 is 1.47 bits per heavy atom. The van der Waals surface area contributed by atoms with Crippen LogP contribution in [0.2, 0.25) is 0 Å². The molecule has 2 N–H and O–H groups in total. The van der Waals surface area contributed by atoms with Crippen LogP contribution in [0.5, 0.6) is 5.75 Å². The minimum Gasteiger partial charge on any atom is -0.493 e. The molecule has 2 atom stereocenters. The summed E-state index contributed by atoms with van der Waals surface area (Å²) >= 11 is 3.36. The highest BCUT2D eigenvalue weighted by Crippen LogP contribution is 2.39. The van der Waals surface area contributed by atoms with Crippen molar-refractivity contribution in [2.24, 2.45) is 11.8 Å². The zero-order chi connectivity index (χ0) is 14.0. The predicted octanol–water partition coefficient (Wildman–Crippen LogP) is 2.51. The average Bonchev–Trinajstić information content (AvgIpc) is 3.13. The monoisotopic (exact) mass is 327 g/mol. The minimum absolute atomic E-state index is 0.247. The molecule has 1 aromatic carbocycles. The van der Waals surface area contributed by atoms with Crippen LogP contribution in [-0.4, -0.2) is 23.6 Å². The molecule has 0 aromatic heterocycles. The van der Waals surface area contributed by atoms with E-state index in [1.54, 1.807) is 18.2 Å². The molecular formula is C13H14BrNO4. The number of carboxylic acids is 1. The molecule has 1 aliphatic carbocycles. The van der Waals surface area contributed by atoms with E-state index in [4.69, 9.17) is 9.84 Å². The first kappa shape index (κ1) is 13.9. The second-order valence-corrected chi connectivity index (χ2v) is 5.21. The summed E-state index contributed by atoms with van der Waals surface area (Å²) in [6.07, 6.45) is 0.416. The summed E-state index contributed by atoms with van der Waals surface area (Å²) in [5.74, 6) is -1.40. The van der Waals surface area contributed by atoms with Gasteiger partial charge >= 0.3 is 5.97 Å². The molecule has 6 heteroatoms. The highest BCUT2D eigenvalue weighted by atomic mass is 79.9. The van der Waals surface area contributed by atoms with E-state index in [1.165, 1.54) is 0 Å². The van der Waals surface area contributed by atoms with E-state index in [0.717, 1.165) is 4.47 Å². The number of ether oxygens (including phenoxy) is 1. The van der Waals surface area contributed by atoms with Crippen LogP contribution < -0.4 is 10.1 Å². The lowest BCUT2D eigenvalue weighted by molar-refractivity contribution is -0.139. The van der Waals surface area contributed by atoms with Crippen molar-refractivity contribution in [3.8, 4) is 5.75 Å². The van der Waals surface area contributed by atoms with E-state index in [2.05, 4.69) is 21.2 Å². The molecule has 102 valence electrons. The van der Waals surface area contributed by atoms with Gasteiger partial charge in [0.2, 0.25) is 5.91 Å². The summed E-state index contributed by atoms with van der Waals surface area (Å²) in [5.41, 5.74) is 0.622. The maximum Gasteiger partial charge on any atom is 0.307 e. The normalized spacial score (nSPS) is 20.7.